The van der Waals surface area contributed by atoms with Crippen LogP contribution in [-0.4, -0.2) is 69.1 Å². The number of halogens is 3. The van der Waals surface area contributed by atoms with Crippen LogP contribution >= 0.6 is 0 Å². The SMILES string of the molecule is CN(C)C(=O)[C@@]1(CCN2CCN(c3ccc(C(F)(F)F)cc3)CC2)OCCc2ccccc21. The van der Waals surface area contributed by atoms with Crippen LogP contribution < -0.4 is 4.90 Å². The molecule has 0 spiro atoms. The second-order valence-electron chi connectivity index (χ2n) is 8.91. The highest BCUT2D eigenvalue weighted by atomic mass is 19.4. The van der Waals surface area contributed by atoms with E-state index in [-0.39, 0.29) is 5.91 Å². The number of nitrogens with zero attached hydrogens (tertiary/aromatic N) is 3. The Balaban J connectivity index is 1.41. The van der Waals surface area contributed by atoms with Gasteiger partial charge in [-0.1, -0.05) is 24.3 Å². The predicted molar refractivity (Wildman–Crippen MR) is 121 cm³/mol. The molecule has 2 heterocycles. The van der Waals surface area contributed by atoms with E-state index in [9.17, 15) is 18.0 Å². The Morgan fingerprint density at radius 3 is 2.33 bits per heavy atom. The number of hydrogen-bond donors (Lipinski definition) is 0. The van der Waals surface area contributed by atoms with Crippen LogP contribution in [0.3, 0.4) is 0 Å². The van der Waals surface area contributed by atoms with Crippen LogP contribution in [-0.2, 0) is 27.7 Å². The molecule has 0 bridgehead atoms. The van der Waals surface area contributed by atoms with Gasteiger partial charge in [-0.25, -0.2) is 0 Å². The summed E-state index contributed by atoms with van der Waals surface area (Å²) in [6.07, 6.45) is -2.97. The smallest absolute Gasteiger partial charge is 0.369 e. The van der Waals surface area contributed by atoms with Gasteiger partial charge in [0.05, 0.1) is 12.2 Å². The van der Waals surface area contributed by atoms with Gasteiger partial charge < -0.3 is 14.5 Å². The van der Waals surface area contributed by atoms with E-state index in [2.05, 4.69) is 15.9 Å². The number of carbonyl (C=O) groups excluding carboxylic acids is 1. The van der Waals surface area contributed by atoms with Crippen molar-refractivity contribution in [3.05, 3.63) is 65.2 Å². The first kappa shape index (κ1) is 23.6. The second kappa shape index (κ2) is 9.35. The minimum Gasteiger partial charge on any atom is -0.369 e. The quantitative estimate of drug-likeness (QED) is 0.679. The fourth-order valence-corrected chi connectivity index (χ4v) is 4.80. The van der Waals surface area contributed by atoms with E-state index >= 15 is 0 Å². The number of hydrogen-bond acceptors (Lipinski definition) is 4. The molecule has 0 saturated carbocycles. The summed E-state index contributed by atoms with van der Waals surface area (Å²) >= 11 is 0. The Labute approximate surface area is 192 Å². The Bertz CT molecular complexity index is 970. The minimum atomic E-state index is -4.32. The van der Waals surface area contributed by atoms with Crippen LogP contribution in [0.25, 0.3) is 0 Å². The zero-order chi connectivity index (χ0) is 23.6. The number of anilines is 1. The Kier molecular flexibility index (Phi) is 6.68. The molecule has 0 radical (unpaired) electrons. The average molecular weight is 462 g/mol. The van der Waals surface area contributed by atoms with E-state index in [1.54, 1.807) is 19.0 Å². The summed E-state index contributed by atoms with van der Waals surface area (Å²) in [6.45, 7) is 4.20. The molecule has 2 aliphatic heterocycles. The molecule has 178 valence electrons. The van der Waals surface area contributed by atoms with Crippen LogP contribution in [0.15, 0.2) is 48.5 Å². The van der Waals surface area contributed by atoms with Crippen LogP contribution in [0.4, 0.5) is 18.9 Å². The van der Waals surface area contributed by atoms with Crippen molar-refractivity contribution in [2.75, 3.05) is 58.3 Å². The molecule has 0 unspecified atom stereocenters. The first-order valence-corrected chi connectivity index (χ1v) is 11.3. The van der Waals surface area contributed by atoms with E-state index < -0.39 is 17.3 Å². The fraction of sp³-hybridized carbons (Fsp3) is 0.480. The lowest BCUT2D eigenvalue weighted by Crippen LogP contribution is -2.52. The van der Waals surface area contributed by atoms with Gasteiger partial charge in [0.15, 0.2) is 5.60 Å². The molecule has 33 heavy (non-hydrogen) atoms. The number of alkyl halides is 3. The lowest BCUT2D eigenvalue weighted by molar-refractivity contribution is -0.162. The molecule has 2 aliphatic rings. The first-order valence-electron chi connectivity index (χ1n) is 11.3. The van der Waals surface area contributed by atoms with Crippen molar-refractivity contribution >= 4 is 11.6 Å². The Morgan fingerprint density at radius 2 is 1.70 bits per heavy atom. The normalized spacial score (nSPS) is 21.5. The number of rotatable bonds is 5. The van der Waals surface area contributed by atoms with Gasteiger partial charge in [-0.05, 0) is 41.8 Å². The molecule has 4 rings (SSSR count). The van der Waals surface area contributed by atoms with Gasteiger partial charge in [-0.3, -0.25) is 9.69 Å². The number of ether oxygens (including phenoxy) is 1. The van der Waals surface area contributed by atoms with Gasteiger partial charge in [0, 0.05) is 58.9 Å². The molecule has 2 aromatic rings. The fourth-order valence-electron chi connectivity index (χ4n) is 4.80. The molecule has 0 N–H and O–H groups in total. The van der Waals surface area contributed by atoms with Crippen molar-refractivity contribution in [1.29, 1.82) is 0 Å². The molecule has 0 aliphatic carbocycles. The number of likely N-dealkylation sites (N-methyl/N-ethyl adjacent to an activating group) is 1. The molecule has 1 atom stereocenters. The lowest BCUT2D eigenvalue weighted by Gasteiger charge is -2.42. The van der Waals surface area contributed by atoms with E-state index in [1.165, 1.54) is 12.1 Å². The summed E-state index contributed by atoms with van der Waals surface area (Å²) in [5.74, 6) is -0.0435. The summed E-state index contributed by atoms with van der Waals surface area (Å²) in [7, 11) is 3.51. The van der Waals surface area contributed by atoms with Crippen molar-refractivity contribution < 1.29 is 22.7 Å². The standard InChI is InChI=1S/C25H30F3N3O2/c1-29(2)23(32)24(22-6-4-3-5-19(22)11-18-33-24)12-13-30-14-16-31(17-15-30)21-9-7-20(8-10-21)25(26,27)28/h3-10H,11-18H2,1-2H3/t24-/m0/s1. The number of piperazine rings is 1. The summed E-state index contributed by atoms with van der Waals surface area (Å²) in [4.78, 5) is 19.3. The van der Waals surface area contributed by atoms with Crippen LogP contribution in [0.5, 0.6) is 0 Å². The van der Waals surface area contributed by atoms with E-state index in [0.29, 0.717) is 19.6 Å². The lowest BCUT2D eigenvalue weighted by atomic mass is 9.82. The van der Waals surface area contributed by atoms with Crippen molar-refractivity contribution in [2.45, 2.75) is 24.6 Å². The zero-order valence-corrected chi connectivity index (χ0v) is 19.1. The van der Waals surface area contributed by atoms with Crippen LogP contribution in [0, 0.1) is 0 Å². The number of carbonyl (C=O) groups is 1. The minimum absolute atomic E-state index is 0.0435. The summed E-state index contributed by atoms with van der Waals surface area (Å²) in [5.41, 5.74) is 1.30. The second-order valence-corrected chi connectivity index (χ2v) is 8.91. The topological polar surface area (TPSA) is 36.0 Å². The maximum Gasteiger partial charge on any atom is 0.416 e. The van der Waals surface area contributed by atoms with Crippen LogP contribution in [0.1, 0.15) is 23.1 Å². The van der Waals surface area contributed by atoms with Gasteiger partial charge >= 0.3 is 6.18 Å². The highest BCUT2D eigenvalue weighted by Gasteiger charge is 2.45. The van der Waals surface area contributed by atoms with Gasteiger partial charge in [0.1, 0.15) is 0 Å². The molecule has 1 saturated heterocycles. The summed E-state index contributed by atoms with van der Waals surface area (Å²) in [6, 6.07) is 13.4. The molecule has 8 heteroatoms. The van der Waals surface area contributed by atoms with Crippen molar-refractivity contribution in [3.63, 3.8) is 0 Å². The Hall–Kier alpha value is -2.58. The van der Waals surface area contributed by atoms with Gasteiger partial charge in [0.2, 0.25) is 0 Å². The number of amides is 1. The molecule has 5 nitrogen and oxygen atoms in total. The number of fused-ring (bicyclic) bond motifs is 1. The van der Waals surface area contributed by atoms with Crippen molar-refractivity contribution in [1.82, 2.24) is 9.80 Å². The molecular formula is C25H30F3N3O2. The third kappa shape index (κ3) is 4.87. The highest BCUT2D eigenvalue weighted by molar-refractivity contribution is 5.87. The van der Waals surface area contributed by atoms with Crippen molar-refractivity contribution in [2.24, 2.45) is 0 Å². The molecule has 2 aromatic carbocycles. The third-order valence-electron chi connectivity index (χ3n) is 6.64. The van der Waals surface area contributed by atoms with Crippen molar-refractivity contribution in [3.8, 4) is 0 Å². The molecule has 0 aromatic heterocycles. The maximum atomic E-state index is 13.3. The van der Waals surface area contributed by atoms with Gasteiger partial charge in [-0.2, -0.15) is 13.2 Å². The van der Waals surface area contributed by atoms with E-state index in [1.807, 2.05) is 18.2 Å². The van der Waals surface area contributed by atoms with E-state index in [0.717, 1.165) is 61.5 Å². The predicted octanol–water partition coefficient (Wildman–Crippen LogP) is 3.77. The largest absolute Gasteiger partial charge is 0.416 e. The van der Waals surface area contributed by atoms with Gasteiger partial charge in [0.25, 0.3) is 5.91 Å². The monoisotopic (exact) mass is 461 g/mol. The highest BCUT2D eigenvalue weighted by Crippen LogP contribution is 2.38. The Morgan fingerprint density at radius 1 is 1.03 bits per heavy atom. The van der Waals surface area contributed by atoms with Crippen LogP contribution in [0.2, 0.25) is 0 Å². The maximum absolute atomic E-state index is 13.3. The first-order chi connectivity index (χ1) is 15.7. The average Bonchev–Trinajstić information content (AvgIpc) is 2.82. The molecule has 1 amide bonds. The zero-order valence-electron chi connectivity index (χ0n) is 19.1. The summed E-state index contributed by atoms with van der Waals surface area (Å²) in [5, 5.41) is 0. The number of benzene rings is 2. The van der Waals surface area contributed by atoms with Gasteiger partial charge in [-0.15, -0.1) is 0 Å². The third-order valence-corrected chi connectivity index (χ3v) is 6.64. The summed E-state index contributed by atoms with van der Waals surface area (Å²) < 4.78 is 44.7. The molecule has 1 fully saturated rings. The molecular weight excluding hydrogens is 431 g/mol. The van der Waals surface area contributed by atoms with E-state index in [4.69, 9.17) is 4.74 Å².